The molecule has 0 saturated carbocycles. The number of hydrogen-bond donors (Lipinski definition) is 3. The van der Waals surface area contributed by atoms with Gasteiger partial charge < -0.3 is 26.4 Å². The van der Waals surface area contributed by atoms with E-state index < -0.39 is 0 Å². The normalized spacial score (nSPS) is 22.1. The minimum atomic E-state index is -0.273. The average Bonchev–Trinajstić information content (AvgIpc) is 3.18. The number of aromatic nitrogens is 4. The van der Waals surface area contributed by atoms with Crippen LogP contribution < -0.4 is 21.3 Å². The molecule has 6 rings (SSSR count). The molecule has 11 heteroatoms. The van der Waals surface area contributed by atoms with Crippen LogP contribution in [0.5, 0.6) is 5.75 Å². The molecule has 1 aromatic carbocycles. The van der Waals surface area contributed by atoms with Crippen LogP contribution in [0.2, 0.25) is 0 Å². The van der Waals surface area contributed by atoms with Gasteiger partial charge in [0.1, 0.15) is 5.75 Å². The Kier molecular flexibility index (Phi) is 6.44. The summed E-state index contributed by atoms with van der Waals surface area (Å²) in [4.78, 5) is 27.6. The number of carbonyl (C=O) groups is 1. The maximum Gasteiger partial charge on any atom is 0.231 e. The molecule has 0 aliphatic carbocycles. The molecule has 2 atom stereocenters. The molecule has 3 aromatic rings. The molecule has 38 heavy (non-hydrogen) atoms. The number of primary amides is 1. The molecule has 3 aliphatic heterocycles. The van der Waals surface area contributed by atoms with E-state index in [0.29, 0.717) is 29.5 Å². The fourth-order valence-corrected chi connectivity index (χ4v) is 6.21. The van der Waals surface area contributed by atoms with Crippen molar-refractivity contribution in [2.75, 3.05) is 48.3 Å². The van der Waals surface area contributed by atoms with Crippen LogP contribution in [-0.4, -0.2) is 80.9 Å². The second-order valence-corrected chi connectivity index (χ2v) is 10.5. The van der Waals surface area contributed by atoms with Gasteiger partial charge in [-0.25, -0.2) is 9.97 Å². The summed E-state index contributed by atoms with van der Waals surface area (Å²) in [6.45, 7) is 3.63. The van der Waals surface area contributed by atoms with Gasteiger partial charge in [-0.2, -0.15) is 0 Å². The molecular weight excluding hydrogens is 482 g/mol. The predicted octanol–water partition coefficient (Wildman–Crippen LogP) is 1.74. The number of nitrogens with zero attached hydrogens (tertiary/aromatic N) is 7. The van der Waals surface area contributed by atoms with E-state index in [9.17, 15) is 9.90 Å². The number of phenolic OH excluding ortho intramolecular Hbond substituents is 1. The minimum absolute atomic E-state index is 0.166. The Morgan fingerprint density at radius 3 is 2.34 bits per heavy atom. The number of piperazine rings is 1. The van der Waals surface area contributed by atoms with Crippen LogP contribution in [0.25, 0.3) is 11.3 Å². The molecule has 198 valence electrons. The summed E-state index contributed by atoms with van der Waals surface area (Å²) >= 11 is 0. The summed E-state index contributed by atoms with van der Waals surface area (Å²) in [5.74, 6) is 1.47. The zero-order valence-corrected chi connectivity index (χ0v) is 21.3. The van der Waals surface area contributed by atoms with Crippen molar-refractivity contribution >= 4 is 23.4 Å². The van der Waals surface area contributed by atoms with Gasteiger partial charge in [-0.15, -0.1) is 10.2 Å². The van der Waals surface area contributed by atoms with Crippen LogP contribution in [0.4, 0.5) is 17.5 Å². The number of hydrogen-bond acceptors (Lipinski definition) is 10. The van der Waals surface area contributed by atoms with Crippen LogP contribution in [0.15, 0.2) is 42.7 Å². The third kappa shape index (κ3) is 4.69. The van der Waals surface area contributed by atoms with Crippen LogP contribution >= 0.6 is 0 Å². The Morgan fingerprint density at radius 1 is 1.00 bits per heavy atom. The van der Waals surface area contributed by atoms with E-state index in [2.05, 4.69) is 24.9 Å². The monoisotopic (exact) mass is 515 g/mol. The molecule has 1 amide bonds. The lowest BCUT2D eigenvalue weighted by molar-refractivity contribution is -0.119. The number of nitrogens with two attached hydrogens (primary N) is 2. The summed E-state index contributed by atoms with van der Waals surface area (Å²) < 4.78 is 0. The largest absolute Gasteiger partial charge is 0.507 e. The first kappa shape index (κ1) is 24.4. The molecule has 5 N–H and O–H groups in total. The van der Waals surface area contributed by atoms with Crippen molar-refractivity contribution in [3.8, 4) is 17.0 Å². The summed E-state index contributed by atoms with van der Waals surface area (Å²) in [5, 5.41) is 18.7. The van der Waals surface area contributed by atoms with E-state index in [4.69, 9.17) is 21.4 Å². The Labute approximate surface area is 221 Å². The van der Waals surface area contributed by atoms with Crippen molar-refractivity contribution in [2.24, 2.45) is 5.73 Å². The van der Waals surface area contributed by atoms with Crippen LogP contribution in [0, 0.1) is 0 Å². The van der Waals surface area contributed by atoms with E-state index in [1.165, 1.54) is 0 Å². The number of amides is 1. The first-order chi connectivity index (χ1) is 18.5. The van der Waals surface area contributed by atoms with E-state index in [-0.39, 0.29) is 23.7 Å². The number of carbonyl (C=O) groups excluding carboxylic acids is 1. The third-order valence-corrected chi connectivity index (χ3v) is 8.13. The van der Waals surface area contributed by atoms with Gasteiger partial charge in [0.05, 0.1) is 17.9 Å². The number of rotatable bonds is 6. The molecule has 2 bridgehead atoms. The Balaban J connectivity index is 1.15. The first-order valence-electron chi connectivity index (χ1n) is 13.2. The van der Waals surface area contributed by atoms with Gasteiger partial charge in [0.2, 0.25) is 11.9 Å². The first-order valence-corrected chi connectivity index (χ1v) is 13.2. The zero-order valence-electron chi connectivity index (χ0n) is 21.3. The summed E-state index contributed by atoms with van der Waals surface area (Å²) in [5.41, 5.74) is 14.8. The van der Waals surface area contributed by atoms with Crippen LogP contribution in [-0.2, 0) is 4.79 Å². The van der Waals surface area contributed by atoms with E-state index >= 15 is 0 Å². The number of phenols is 1. The SMILES string of the molecule is NC(=O)CN1CCC(c2cnc(N3C4CCC3CN(c3cc(-c5ccccc5O)nnc3N)C4)nc2)CC1. The number of para-hydroxylation sites is 1. The van der Waals surface area contributed by atoms with E-state index in [1.807, 2.05) is 30.6 Å². The van der Waals surface area contributed by atoms with Crippen molar-refractivity contribution in [3.63, 3.8) is 0 Å². The molecular formula is C27H33N9O2. The van der Waals surface area contributed by atoms with Gasteiger partial charge >= 0.3 is 0 Å². The van der Waals surface area contributed by atoms with Crippen molar-refractivity contribution in [2.45, 2.75) is 43.7 Å². The van der Waals surface area contributed by atoms with Crippen molar-refractivity contribution in [1.29, 1.82) is 0 Å². The van der Waals surface area contributed by atoms with Crippen LogP contribution in [0.3, 0.4) is 0 Å². The smallest absolute Gasteiger partial charge is 0.231 e. The Hall–Kier alpha value is -3.99. The van der Waals surface area contributed by atoms with Gasteiger partial charge in [-0.05, 0) is 68.5 Å². The maximum atomic E-state index is 11.2. The quantitative estimate of drug-likeness (QED) is 0.443. The topological polar surface area (TPSA) is 151 Å². The second-order valence-electron chi connectivity index (χ2n) is 10.5. The Morgan fingerprint density at radius 2 is 1.68 bits per heavy atom. The third-order valence-electron chi connectivity index (χ3n) is 8.13. The molecule has 3 fully saturated rings. The van der Waals surface area contributed by atoms with Crippen molar-refractivity contribution in [1.82, 2.24) is 25.1 Å². The van der Waals surface area contributed by atoms with Gasteiger partial charge in [-0.1, -0.05) is 12.1 Å². The molecule has 2 aromatic heterocycles. The molecule has 3 saturated heterocycles. The van der Waals surface area contributed by atoms with Crippen molar-refractivity contribution < 1.29 is 9.90 Å². The molecule has 2 unspecified atom stereocenters. The number of piperidine rings is 1. The number of anilines is 3. The van der Waals surface area contributed by atoms with Gasteiger partial charge in [0, 0.05) is 43.1 Å². The highest BCUT2D eigenvalue weighted by Gasteiger charge is 2.42. The molecule has 3 aliphatic rings. The number of fused-ring (bicyclic) bond motifs is 2. The number of benzene rings is 1. The number of likely N-dealkylation sites (tertiary alicyclic amines) is 1. The highest BCUT2D eigenvalue weighted by Crippen LogP contribution is 2.38. The number of nitrogen functional groups attached to an aromatic ring is 1. The van der Waals surface area contributed by atoms with Crippen LogP contribution in [0.1, 0.15) is 37.2 Å². The minimum Gasteiger partial charge on any atom is -0.507 e. The van der Waals surface area contributed by atoms with Gasteiger partial charge in [0.15, 0.2) is 5.82 Å². The molecule has 0 spiro atoms. The highest BCUT2D eigenvalue weighted by atomic mass is 16.3. The zero-order chi connectivity index (χ0) is 26.2. The fraction of sp³-hybridized carbons (Fsp3) is 0.444. The lowest BCUT2D eigenvalue weighted by Gasteiger charge is -2.42. The Bertz CT molecular complexity index is 1300. The standard InChI is InChI=1S/C27H33N9O2/c28-25(38)16-34-9-7-17(8-10-34)18-12-30-27(31-13-18)36-19-5-6-20(36)15-35(14-19)23-11-22(32-33-26(23)29)21-3-1-2-4-24(21)37/h1-4,11-13,17,19-20,37H,5-10,14-16H2,(H2,28,38)(H2,29,33). The summed E-state index contributed by atoms with van der Waals surface area (Å²) in [6, 6.07) is 9.59. The van der Waals surface area contributed by atoms with Crippen molar-refractivity contribution in [3.05, 3.63) is 48.3 Å². The lowest BCUT2D eigenvalue weighted by atomic mass is 9.91. The van der Waals surface area contributed by atoms with E-state index in [1.54, 1.807) is 12.1 Å². The number of aromatic hydroxyl groups is 1. The van der Waals surface area contributed by atoms with E-state index in [0.717, 1.165) is 69.1 Å². The summed E-state index contributed by atoms with van der Waals surface area (Å²) in [7, 11) is 0. The summed E-state index contributed by atoms with van der Waals surface area (Å²) in [6.07, 6.45) is 8.04. The second kappa shape index (κ2) is 10.1. The maximum absolute atomic E-state index is 11.2. The van der Waals surface area contributed by atoms with Gasteiger partial charge in [0.25, 0.3) is 0 Å². The predicted molar refractivity (Wildman–Crippen MR) is 145 cm³/mol. The average molecular weight is 516 g/mol. The lowest BCUT2D eigenvalue weighted by Crippen LogP contribution is -2.54. The molecule has 5 heterocycles. The molecule has 11 nitrogen and oxygen atoms in total. The highest BCUT2D eigenvalue weighted by molar-refractivity contribution is 5.76. The molecule has 0 radical (unpaired) electrons. The fourth-order valence-electron chi connectivity index (χ4n) is 6.21. The van der Waals surface area contributed by atoms with Gasteiger partial charge in [-0.3, -0.25) is 9.69 Å².